The smallest absolute Gasteiger partial charge is 0.273 e. The molecule has 29 heavy (non-hydrogen) atoms. The maximum atomic E-state index is 12.8. The van der Waals surface area contributed by atoms with E-state index in [-0.39, 0.29) is 18.0 Å². The molecule has 1 amide bonds. The predicted octanol–water partition coefficient (Wildman–Crippen LogP) is 3.45. The monoisotopic (exact) mass is 404 g/mol. The summed E-state index contributed by atoms with van der Waals surface area (Å²) in [6.07, 6.45) is 1.42. The Morgan fingerprint density at radius 3 is 2.38 bits per heavy atom. The Hall–Kier alpha value is -3.32. The zero-order valence-electron chi connectivity index (χ0n) is 16.2. The van der Waals surface area contributed by atoms with Gasteiger partial charge in [-0.1, -0.05) is 59.7 Å². The van der Waals surface area contributed by atoms with E-state index in [9.17, 15) is 9.59 Å². The van der Waals surface area contributed by atoms with Gasteiger partial charge in [0, 0.05) is 12.1 Å². The Bertz CT molecular complexity index is 1220. The number of nitrogens with one attached hydrogen (secondary N) is 1. The van der Waals surface area contributed by atoms with Crippen molar-refractivity contribution in [3.63, 3.8) is 0 Å². The fourth-order valence-corrected chi connectivity index (χ4v) is 3.79. The van der Waals surface area contributed by atoms with Gasteiger partial charge in [0.05, 0.1) is 6.33 Å². The Morgan fingerprint density at radius 1 is 1.03 bits per heavy atom. The molecule has 7 heteroatoms. The molecule has 4 rings (SSSR count). The van der Waals surface area contributed by atoms with Crippen LogP contribution in [0.15, 0.2) is 59.7 Å². The number of hydrogen-bond acceptors (Lipinski definition) is 5. The van der Waals surface area contributed by atoms with Crippen molar-refractivity contribution in [1.29, 1.82) is 0 Å². The van der Waals surface area contributed by atoms with Crippen molar-refractivity contribution in [3.05, 3.63) is 81.9 Å². The standard InChI is InChI=1S/C22H20N4O2S/c1-14-3-7-16(8-4-14)11-23-18(27)12-26-13-24-20-19(25-29-21(20)22(26)28)17-9-5-15(2)6-10-17/h3-10,13H,11-12H2,1-2H3,(H,23,27). The van der Waals surface area contributed by atoms with E-state index in [1.54, 1.807) is 0 Å². The second-order valence-electron chi connectivity index (χ2n) is 7.01. The predicted molar refractivity (Wildman–Crippen MR) is 115 cm³/mol. The number of nitrogens with zero attached hydrogens (tertiary/aromatic N) is 3. The molecule has 0 radical (unpaired) electrons. The zero-order valence-corrected chi connectivity index (χ0v) is 17.0. The summed E-state index contributed by atoms with van der Waals surface area (Å²) in [5.74, 6) is -0.239. The van der Waals surface area contributed by atoms with Crippen LogP contribution in [0.3, 0.4) is 0 Å². The van der Waals surface area contributed by atoms with E-state index in [1.165, 1.54) is 16.5 Å². The summed E-state index contributed by atoms with van der Waals surface area (Å²) in [4.78, 5) is 29.5. The summed E-state index contributed by atoms with van der Waals surface area (Å²) in [6.45, 7) is 4.37. The summed E-state index contributed by atoms with van der Waals surface area (Å²) >= 11 is 1.11. The molecule has 146 valence electrons. The lowest BCUT2D eigenvalue weighted by atomic mass is 10.1. The maximum absolute atomic E-state index is 12.8. The average molecular weight is 404 g/mol. The van der Waals surface area contributed by atoms with Crippen molar-refractivity contribution >= 4 is 27.7 Å². The van der Waals surface area contributed by atoms with Gasteiger partial charge in [-0.05, 0) is 30.9 Å². The molecule has 0 aliphatic rings. The Kier molecular flexibility index (Phi) is 5.22. The molecule has 6 nitrogen and oxygen atoms in total. The molecule has 0 spiro atoms. The minimum absolute atomic E-state index is 0.0780. The third kappa shape index (κ3) is 4.09. The van der Waals surface area contributed by atoms with Crippen molar-refractivity contribution in [2.45, 2.75) is 26.9 Å². The summed E-state index contributed by atoms with van der Waals surface area (Å²) in [5.41, 5.74) is 5.26. The first-order valence-corrected chi connectivity index (χ1v) is 10.0. The molecule has 2 aromatic heterocycles. The van der Waals surface area contributed by atoms with Gasteiger partial charge in [0.25, 0.3) is 5.56 Å². The molecule has 0 unspecified atom stereocenters. The Balaban J connectivity index is 1.52. The number of aryl methyl sites for hydroxylation is 2. The van der Waals surface area contributed by atoms with Crippen LogP contribution in [0.1, 0.15) is 16.7 Å². The van der Waals surface area contributed by atoms with Crippen molar-refractivity contribution < 1.29 is 4.79 Å². The number of benzene rings is 2. The molecule has 2 aromatic carbocycles. The molecule has 0 aliphatic heterocycles. The number of carbonyl (C=O) groups excluding carboxylic acids is 1. The summed E-state index contributed by atoms with van der Waals surface area (Å²) in [7, 11) is 0. The van der Waals surface area contributed by atoms with Crippen molar-refractivity contribution in [1.82, 2.24) is 19.2 Å². The fourth-order valence-electron chi connectivity index (χ4n) is 2.99. The second kappa shape index (κ2) is 7.97. The quantitative estimate of drug-likeness (QED) is 0.553. The van der Waals surface area contributed by atoms with Gasteiger partial charge in [-0.2, -0.15) is 4.37 Å². The number of rotatable bonds is 5. The van der Waals surface area contributed by atoms with Crippen LogP contribution in [-0.2, 0) is 17.9 Å². The highest BCUT2D eigenvalue weighted by Gasteiger charge is 2.15. The average Bonchev–Trinajstić information content (AvgIpc) is 3.15. The lowest BCUT2D eigenvalue weighted by Crippen LogP contribution is -2.31. The van der Waals surface area contributed by atoms with Gasteiger partial charge in [-0.25, -0.2) is 4.98 Å². The van der Waals surface area contributed by atoms with Crippen LogP contribution < -0.4 is 10.9 Å². The SMILES string of the molecule is Cc1ccc(CNC(=O)Cn2cnc3c(-c4ccc(C)cc4)nsc3c2=O)cc1. The fraction of sp³-hybridized carbons (Fsp3) is 0.182. The van der Waals surface area contributed by atoms with Crippen molar-refractivity contribution in [3.8, 4) is 11.3 Å². The molecule has 0 atom stereocenters. The van der Waals surface area contributed by atoms with Crippen LogP contribution in [0.2, 0.25) is 0 Å². The number of amides is 1. The van der Waals surface area contributed by atoms with E-state index < -0.39 is 0 Å². The van der Waals surface area contributed by atoms with Crippen LogP contribution >= 0.6 is 11.5 Å². The molecule has 1 N–H and O–H groups in total. The van der Waals surface area contributed by atoms with E-state index in [0.29, 0.717) is 22.5 Å². The molecule has 0 aliphatic carbocycles. The highest BCUT2D eigenvalue weighted by molar-refractivity contribution is 7.13. The summed E-state index contributed by atoms with van der Waals surface area (Å²) in [6, 6.07) is 15.9. The van der Waals surface area contributed by atoms with Gasteiger partial charge in [0.1, 0.15) is 22.5 Å². The van der Waals surface area contributed by atoms with E-state index in [0.717, 1.165) is 28.2 Å². The van der Waals surface area contributed by atoms with Crippen LogP contribution in [0.25, 0.3) is 21.5 Å². The molecule has 0 fully saturated rings. The first-order valence-electron chi connectivity index (χ1n) is 9.25. The number of aromatic nitrogens is 3. The topological polar surface area (TPSA) is 76.9 Å². The maximum Gasteiger partial charge on any atom is 0.273 e. The van der Waals surface area contributed by atoms with Gasteiger partial charge in [0.15, 0.2) is 0 Å². The minimum atomic E-state index is -0.253. The zero-order chi connectivity index (χ0) is 20.4. The first-order chi connectivity index (χ1) is 14.0. The third-order valence-electron chi connectivity index (χ3n) is 4.70. The lowest BCUT2D eigenvalue weighted by Gasteiger charge is -2.07. The van der Waals surface area contributed by atoms with Crippen molar-refractivity contribution in [2.24, 2.45) is 0 Å². The molecule has 2 heterocycles. The highest BCUT2D eigenvalue weighted by Crippen LogP contribution is 2.27. The molecular weight excluding hydrogens is 384 g/mol. The van der Waals surface area contributed by atoms with E-state index in [1.807, 2.05) is 62.4 Å². The van der Waals surface area contributed by atoms with E-state index >= 15 is 0 Å². The number of fused-ring (bicyclic) bond motifs is 1. The van der Waals surface area contributed by atoms with E-state index in [4.69, 9.17) is 0 Å². The normalized spacial score (nSPS) is 11.0. The van der Waals surface area contributed by atoms with Gasteiger partial charge >= 0.3 is 0 Å². The molecular formula is C22H20N4O2S. The summed E-state index contributed by atoms with van der Waals surface area (Å²) < 4.78 is 6.20. The Morgan fingerprint density at radius 2 is 1.69 bits per heavy atom. The van der Waals surface area contributed by atoms with Gasteiger partial charge in [-0.15, -0.1) is 0 Å². The number of carbonyl (C=O) groups is 1. The van der Waals surface area contributed by atoms with Crippen LogP contribution in [0, 0.1) is 13.8 Å². The van der Waals surface area contributed by atoms with Crippen LogP contribution in [-0.4, -0.2) is 19.8 Å². The molecule has 4 aromatic rings. The van der Waals surface area contributed by atoms with Gasteiger partial charge < -0.3 is 5.32 Å². The van der Waals surface area contributed by atoms with Crippen LogP contribution in [0.5, 0.6) is 0 Å². The minimum Gasteiger partial charge on any atom is -0.350 e. The largest absolute Gasteiger partial charge is 0.350 e. The van der Waals surface area contributed by atoms with Crippen LogP contribution in [0.4, 0.5) is 0 Å². The molecule has 0 saturated carbocycles. The molecule has 0 bridgehead atoms. The molecule has 0 saturated heterocycles. The van der Waals surface area contributed by atoms with E-state index in [2.05, 4.69) is 14.7 Å². The Labute approximate surface area is 172 Å². The summed E-state index contributed by atoms with van der Waals surface area (Å²) in [5, 5.41) is 2.84. The number of hydrogen-bond donors (Lipinski definition) is 1. The first kappa shape index (κ1) is 19.0. The van der Waals surface area contributed by atoms with Gasteiger partial charge in [0.2, 0.25) is 5.91 Å². The highest BCUT2D eigenvalue weighted by atomic mass is 32.1. The van der Waals surface area contributed by atoms with Crippen molar-refractivity contribution in [2.75, 3.05) is 0 Å². The van der Waals surface area contributed by atoms with Gasteiger partial charge in [-0.3, -0.25) is 14.2 Å². The lowest BCUT2D eigenvalue weighted by molar-refractivity contribution is -0.121. The second-order valence-corrected chi connectivity index (χ2v) is 7.79. The third-order valence-corrected chi connectivity index (χ3v) is 5.52.